The summed E-state index contributed by atoms with van der Waals surface area (Å²) in [4.78, 5) is 29.9. The number of amides is 2. The van der Waals surface area contributed by atoms with Gasteiger partial charge in [0.2, 0.25) is 0 Å². The zero-order chi connectivity index (χ0) is 25.6. The van der Waals surface area contributed by atoms with Crippen LogP contribution < -0.4 is 15.6 Å². The average Bonchev–Trinajstić information content (AvgIpc) is 2.93. The van der Waals surface area contributed by atoms with E-state index in [9.17, 15) is 9.59 Å². The van der Waals surface area contributed by atoms with Crippen LogP contribution in [0.25, 0.3) is 0 Å². The number of benzene rings is 2. The van der Waals surface area contributed by atoms with Crippen LogP contribution in [0, 0.1) is 0 Å². The number of likely N-dealkylation sites (tertiary alicyclic amines) is 1. The molecule has 1 heterocycles. The lowest BCUT2D eigenvalue weighted by atomic mass is 10.0. The predicted molar refractivity (Wildman–Crippen MR) is 148 cm³/mol. The van der Waals surface area contributed by atoms with Gasteiger partial charge < -0.3 is 10.2 Å². The molecule has 1 saturated heterocycles. The van der Waals surface area contributed by atoms with Crippen molar-refractivity contribution in [2.75, 3.05) is 37.6 Å². The van der Waals surface area contributed by atoms with Crippen molar-refractivity contribution in [1.29, 1.82) is 0 Å². The van der Waals surface area contributed by atoms with Gasteiger partial charge in [-0.15, -0.1) is 0 Å². The number of rotatable bonds is 13. The SMILES string of the molecule is CCN(CC)c1ccc(C=NNC(=O)C(CCCCNC(=O)c2ccccc2)N2CCCCC2)cc1. The fraction of sp³-hybridized carbons (Fsp3) is 0.483. The van der Waals surface area contributed by atoms with Crippen molar-refractivity contribution >= 4 is 23.7 Å². The molecule has 1 fully saturated rings. The maximum atomic E-state index is 13.1. The van der Waals surface area contributed by atoms with E-state index in [-0.39, 0.29) is 17.9 Å². The Hall–Kier alpha value is -3.19. The molecule has 0 spiro atoms. The Kier molecular flexibility index (Phi) is 11.4. The Balaban J connectivity index is 1.48. The summed E-state index contributed by atoms with van der Waals surface area (Å²) in [5.74, 6) is -0.110. The highest BCUT2D eigenvalue weighted by Crippen LogP contribution is 2.17. The number of piperidine rings is 1. The summed E-state index contributed by atoms with van der Waals surface area (Å²) in [5.41, 5.74) is 5.59. The molecule has 2 aromatic carbocycles. The molecule has 7 nitrogen and oxygen atoms in total. The highest BCUT2D eigenvalue weighted by Gasteiger charge is 2.26. The Bertz CT molecular complexity index is 951. The monoisotopic (exact) mass is 491 g/mol. The highest BCUT2D eigenvalue weighted by atomic mass is 16.2. The van der Waals surface area contributed by atoms with Crippen LogP contribution >= 0.6 is 0 Å². The van der Waals surface area contributed by atoms with Crippen LogP contribution in [0.15, 0.2) is 59.7 Å². The van der Waals surface area contributed by atoms with Crippen molar-refractivity contribution in [1.82, 2.24) is 15.6 Å². The third kappa shape index (κ3) is 8.48. The largest absolute Gasteiger partial charge is 0.372 e. The van der Waals surface area contributed by atoms with Crippen molar-refractivity contribution in [3.05, 3.63) is 65.7 Å². The third-order valence-corrected chi connectivity index (χ3v) is 6.77. The summed E-state index contributed by atoms with van der Waals surface area (Å²) >= 11 is 0. The number of carbonyl (C=O) groups excluding carboxylic acids is 2. The van der Waals surface area contributed by atoms with Crippen LogP contribution in [0.2, 0.25) is 0 Å². The van der Waals surface area contributed by atoms with E-state index in [0.717, 1.165) is 63.8 Å². The van der Waals surface area contributed by atoms with Gasteiger partial charge in [0.25, 0.3) is 11.8 Å². The van der Waals surface area contributed by atoms with Crippen molar-refractivity contribution in [3.8, 4) is 0 Å². The maximum absolute atomic E-state index is 13.1. The summed E-state index contributed by atoms with van der Waals surface area (Å²) in [6, 6.07) is 17.3. The van der Waals surface area contributed by atoms with Crippen LogP contribution in [-0.4, -0.2) is 61.7 Å². The molecule has 1 atom stereocenters. The van der Waals surface area contributed by atoms with Gasteiger partial charge in [-0.25, -0.2) is 5.43 Å². The highest BCUT2D eigenvalue weighted by molar-refractivity contribution is 5.94. The van der Waals surface area contributed by atoms with Gasteiger partial charge in [0.15, 0.2) is 0 Å². The van der Waals surface area contributed by atoms with Gasteiger partial charge in [-0.3, -0.25) is 14.5 Å². The average molecular weight is 492 g/mol. The second-order valence-electron chi connectivity index (χ2n) is 9.23. The third-order valence-electron chi connectivity index (χ3n) is 6.77. The summed E-state index contributed by atoms with van der Waals surface area (Å²) in [7, 11) is 0. The molecule has 1 aliphatic rings. The number of carbonyl (C=O) groups is 2. The molecule has 0 radical (unpaired) electrons. The minimum absolute atomic E-state index is 0.0544. The summed E-state index contributed by atoms with van der Waals surface area (Å²) in [6.45, 7) is 8.72. The summed E-state index contributed by atoms with van der Waals surface area (Å²) in [6.07, 6.45) is 7.62. The van der Waals surface area contributed by atoms with E-state index in [2.05, 4.69) is 51.6 Å². The first-order chi connectivity index (χ1) is 17.6. The summed E-state index contributed by atoms with van der Waals surface area (Å²) < 4.78 is 0. The number of nitrogens with one attached hydrogen (secondary N) is 2. The minimum atomic E-state index is -0.197. The predicted octanol–water partition coefficient (Wildman–Crippen LogP) is 4.44. The van der Waals surface area contributed by atoms with Gasteiger partial charge in [0.1, 0.15) is 0 Å². The van der Waals surface area contributed by atoms with E-state index in [0.29, 0.717) is 12.1 Å². The minimum Gasteiger partial charge on any atom is -0.372 e. The zero-order valence-electron chi connectivity index (χ0n) is 21.8. The molecule has 2 aromatic rings. The second-order valence-corrected chi connectivity index (χ2v) is 9.23. The topological polar surface area (TPSA) is 77.0 Å². The van der Waals surface area contributed by atoms with Crippen LogP contribution in [0.5, 0.6) is 0 Å². The van der Waals surface area contributed by atoms with E-state index in [1.807, 2.05) is 42.5 Å². The van der Waals surface area contributed by atoms with Crippen LogP contribution in [0.3, 0.4) is 0 Å². The van der Waals surface area contributed by atoms with Crippen LogP contribution in [0.4, 0.5) is 5.69 Å². The molecule has 0 saturated carbocycles. The normalized spacial score (nSPS) is 14.9. The van der Waals surface area contributed by atoms with Gasteiger partial charge in [-0.05, 0) is 88.9 Å². The molecule has 1 aliphatic heterocycles. The van der Waals surface area contributed by atoms with E-state index in [4.69, 9.17) is 0 Å². The van der Waals surface area contributed by atoms with Gasteiger partial charge in [-0.1, -0.05) is 36.8 Å². The number of nitrogens with zero attached hydrogens (tertiary/aromatic N) is 3. The van der Waals surface area contributed by atoms with Crippen molar-refractivity contribution in [2.45, 2.75) is 58.4 Å². The fourth-order valence-electron chi connectivity index (χ4n) is 4.67. The van der Waals surface area contributed by atoms with E-state index < -0.39 is 0 Å². The van der Waals surface area contributed by atoms with Gasteiger partial charge in [0.05, 0.1) is 12.3 Å². The lowest BCUT2D eigenvalue weighted by Gasteiger charge is -2.33. The molecule has 1 unspecified atom stereocenters. The number of hydrogen-bond acceptors (Lipinski definition) is 5. The van der Waals surface area contributed by atoms with Crippen molar-refractivity contribution in [3.63, 3.8) is 0 Å². The first-order valence-corrected chi connectivity index (χ1v) is 13.4. The molecule has 0 aromatic heterocycles. The number of hydrazone groups is 1. The second kappa shape index (κ2) is 15.0. The van der Waals surface area contributed by atoms with Crippen LogP contribution in [0.1, 0.15) is 68.3 Å². The molecule has 7 heteroatoms. The van der Waals surface area contributed by atoms with Gasteiger partial charge in [0, 0.05) is 30.9 Å². The first-order valence-electron chi connectivity index (χ1n) is 13.4. The van der Waals surface area contributed by atoms with Gasteiger partial charge in [-0.2, -0.15) is 5.10 Å². The standard InChI is InChI=1S/C29H41N5O2/c1-3-33(4-2)26-18-16-24(17-19-26)23-31-32-29(36)27(34-21-11-6-12-22-34)15-9-10-20-30-28(35)25-13-7-5-8-14-25/h5,7-8,13-14,16-19,23,27H,3-4,6,9-12,15,20-22H2,1-2H3,(H,30,35)(H,32,36). The van der Waals surface area contributed by atoms with Crippen molar-refractivity contribution in [2.24, 2.45) is 5.10 Å². The molecule has 36 heavy (non-hydrogen) atoms. The Labute approximate surface area is 215 Å². The molecular weight excluding hydrogens is 450 g/mol. The quantitative estimate of drug-likeness (QED) is 0.247. The molecular formula is C29H41N5O2. The fourth-order valence-corrected chi connectivity index (χ4v) is 4.67. The lowest BCUT2D eigenvalue weighted by molar-refractivity contribution is -0.127. The smallest absolute Gasteiger partial charge is 0.257 e. The maximum Gasteiger partial charge on any atom is 0.257 e. The van der Waals surface area contributed by atoms with Crippen molar-refractivity contribution < 1.29 is 9.59 Å². The molecule has 0 aliphatic carbocycles. The van der Waals surface area contributed by atoms with Gasteiger partial charge >= 0.3 is 0 Å². The molecule has 3 rings (SSSR count). The molecule has 2 N–H and O–H groups in total. The molecule has 0 bridgehead atoms. The summed E-state index contributed by atoms with van der Waals surface area (Å²) in [5, 5.41) is 7.22. The molecule has 2 amide bonds. The van der Waals surface area contributed by atoms with E-state index in [1.54, 1.807) is 6.21 Å². The Morgan fingerprint density at radius 1 is 0.972 bits per heavy atom. The zero-order valence-corrected chi connectivity index (χ0v) is 21.8. The van der Waals surface area contributed by atoms with E-state index in [1.165, 1.54) is 12.1 Å². The molecule has 194 valence electrons. The number of anilines is 1. The Morgan fingerprint density at radius 2 is 1.67 bits per heavy atom. The first kappa shape index (κ1) is 27.4. The van der Waals surface area contributed by atoms with E-state index >= 15 is 0 Å². The van der Waals surface area contributed by atoms with Crippen LogP contribution in [-0.2, 0) is 4.79 Å². The number of unbranched alkanes of at least 4 members (excludes halogenated alkanes) is 1. The lowest BCUT2D eigenvalue weighted by Crippen LogP contribution is -2.47. The Morgan fingerprint density at radius 3 is 2.33 bits per heavy atom. The number of hydrogen-bond donors (Lipinski definition) is 2.